The van der Waals surface area contributed by atoms with Gasteiger partial charge in [0.25, 0.3) is 0 Å². The average Bonchev–Trinajstić information content (AvgIpc) is 2.95. The molecular formula is C14H17ClN4O2. The SMILES string of the molecule is CCN(C)C(=O)NCCc1nc(-c2cccc(Cl)c2)no1. The largest absolute Gasteiger partial charge is 0.339 e. The summed E-state index contributed by atoms with van der Waals surface area (Å²) < 4.78 is 5.16. The zero-order valence-corrected chi connectivity index (χ0v) is 12.7. The molecule has 0 aliphatic carbocycles. The molecule has 0 saturated heterocycles. The standard InChI is InChI=1S/C14H17ClN4O2/c1-3-19(2)14(20)16-8-7-12-17-13(18-21-12)10-5-4-6-11(15)9-10/h4-6,9H,3,7-8H2,1-2H3,(H,16,20). The molecule has 0 aliphatic heterocycles. The van der Waals surface area contributed by atoms with Crippen LogP contribution < -0.4 is 5.32 Å². The molecule has 6 nitrogen and oxygen atoms in total. The number of nitrogens with one attached hydrogen (secondary N) is 1. The maximum atomic E-state index is 11.6. The van der Waals surface area contributed by atoms with Gasteiger partial charge in [-0.2, -0.15) is 4.98 Å². The van der Waals surface area contributed by atoms with E-state index in [1.807, 2.05) is 19.1 Å². The molecule has 1 aromatic heterocycles. The van der Waals surface area contributed by atoms with E-state index in [0.717, 1.165) is 5.56 Å². The fraction of sp³-hybridized carbons (Fsp3) is 0.357. The molecular weight excluding hydrogens is 292 g/mol. The lowest BCUT2D eigenvalue weighted by molar-refractivity contribution is 0.211. The summed E-state index contributed by atoms with van der Waals surface area (Å²) >= 11 is 5.93. The lowest BCUT2D eigenvalue weighted by Crippen LogP contribution is -2.37. The fourth-order valence-corrected chi connectivity index (χ4v) is 1.85. The summed E-state index contributed by atoms with van der Waals surface area (Å²) in [5, 5.41) is 7.31. The van der Waals surface area contributed by atoms with Gasteiger partial charge in [0, 0.05) is 37.1 Å². The van der Waals surface area contributed by atoms with Crippen LogP contribution in [-0.4, -0.2) is 41.2 Å². The van der Waals surface area contributed by atoms with Crippen molar-refractivity contribution < 1.29 is 9.32 Å². The van der Waals surface area contributed by atoms with Crippen LogP contribution in [0.2, 0.25) is 5.02 Å². The summed E-state index contributed by atoms with van der Waals surface area (Å²) in [5.41, 5.74) is 0.798. The minimum atomic E-state index is -0.118. The Morgan fingerprint density at radius 2 is 2.29 bits per heavy atom. The molecule has 7 heteroatoms. The van der Waals surface area contributed by atoms with Gasteiger partial charge in [-0.05, 0) is 19.1 Å². The number of carbonyl (C=O) groups is 1. The number of nitrogens with zero attached hydrogens (tertiary/aromatic N) is 3. The van der Waals surface area contributed by atoms with Gasteiger partial charge in [-0.1, -0.05) is 28.9 Å². The molecule has 0 saturated carbocycles. The van der Waals surface area contributed by atoms with E-state index < -0.39 is 0 Å². The number of halogens is 1. The van der Waals surface area contributed by atoms with Crippen LogP contribution in [0.25, 0.3) is 11.4 Å². The minimum Gasteiger partial charge on any atom is -0.339 e. The molecule has 0 atom stereocenters. The van der Waals surface area contributed by atoms with Gasteiger partial charge in [0.05, 0.1) is 0 Å². The third kappa shape index (κ3) is 4.19. The molecule has 2 amide bonds. The number of urea groups is 1. The number of aromatic nitrogens is 2. The van der Waals surface area contributed by atoms with E-state index in [1.54, 1.807) is 24.1 Å². The van der Waals surface area contributed by atoms with E-state index in [9.17, 15) is 4.79 Å². The Balaban J connectivity index is 1.90. The van der Waals surface area contributed by atoms with E-state index >= 15 is 0 Å². The van der Waals surface area contributed by atoms with Crippen molar-refractivity contribution in [3.05, 3.63) is 35.2 Å². The summed E-state index contributed by atoms with van der Waals surface area (Å²) in [6.07, 6.45) is 0.483. The lowest BCUT2D eigenvalue weighted by atomic mass is 10.2. The molecule has 2 aromatic rings. The Labute approximate surface area is 128 Å². The van der Waals surface area contributed by atoms with E-state index in [4.69, 9.17) is 16.1 Å². The quantitative estimate of drug-likeness (QED) is 0.921. The number of hydrogen-bond acceptors (Lipinski definition) is 4. The Bertz CT molecular complexity index is 615. The molecule has 1 heterocycles. The van der Waals surface area contributed by atoms with Crippen LogP contribution in [0.3, 0.4) is 0 Å². The molecule has 1 N–H and O–H groups in total. The Morgan fingerprint density at radius 1 is 1.48 bits per heavy atom. The van der Waals surface area contributed by atoms with E-state index in [-0.39, 0.29) is 6.03 Å². The summed E-state index contributed by atoms with van der Waals surface area (Å²) in [4.78, 5) is 17.4. The normalized spacial score (nSPS) is 10.4. The second-order valence-electron chi connectivity index (χ2n) is 4.52. The highest BCUT2D eigenvalue weighted by Gasteiger charge is 2.10. The van der Waals surface area contributed by atoms with Crippen LogP contribution in [0.5, 0.6) is 0 Å². The van der Waals surface area contributed by atoms with Crippen molar-refractivity contribution in [3.63, 3.8) is 0 Å². The highest BCUT2D eigenvalue weighted by Crippen LogP contribution is 2.19. The number of rotatable bonds is 5. The first-order chi connectivity index (χ1) is 10.1. The third-order valence-corrected chi connectivity index (χ3v) is 3.22. The van der Waals surface area contributed by atoms with Crippen LogP contribution in [-0.2, 0) is 6.42 Å². The zero-order chi connectivity index (χ0) is 15.2. The van der Waals surface area contributed by atoms with Gasteiger partial charge in [-0.25, -0.2) is 4.79 Å². The van der Waals surface area contributed by atoms with E-state index in [1.165, 1.54) is 0 Å². The molecule has 112 valence electrons. The molecule has 0 bridgehead atoms. The molecule has 1 aromatic carbocycles. The van der Waals surface area contributed by atoms with Crippen LogP contribution >= 0.6 is 11.6 Å². The number of hydrogen-bond donors (Lipinski definition) is 1. The van der Waals surface area contributed by atoms with Gasteiger partial charge in [-0.3, -0.25) is 0 Å². The van der Waals surface area contributed by atoms with Crippen molar-refractivity contribution in [3.8, 4) is 11.4 Å². The van der Waals surface area contributed by atoms with Crippen LogP contribution in [0, 0.1) is 0 Å². The highest BCUT2D eigenvalue weighted by atomic mass is 35.5. The van der Waals surface area contributed by atoms with Gasteiger partial charge < -0.3 is 14.7 Å². The van der Waals surface area contributed by atoms with Crippen LogP contribution in [0.15, 0.2) is 28.8 Å². The van der Waals surface area contributed by atoms with Crippen molar-refractivity contribution in [2.75, 3.05) is 20.1 Å². The summed E-state index contributed by atoms with van der Waals surface area (Å²) in [7, 11) is 1.74. The van der Waals surface area contributed by atoms with Crippen molar-refractivity contribution in [2.45, 2.75) is 13.3 Å². The second-order valence-corrected chi connectivity index (χ2v) is 4.95. The van der Waals surface area contributed by atoms with Crippen molar-refractivity contribution >= 4 is 17.6 Å². The summed E-state index contributed by atoms with van der Waals surface area (Å²) in [6, 6.07) is 7.12. The smallest absolute Gasteiger partial charge is 0.317 e. The number of amides is 2. The van der Waals surface area contributed by atoms with Gasteiger partial charge >= 0.3 is 6.03 Å². The molecule has 2 rings (SSSR count). The molecule has 0 aliphatic rings. The first kappa shape index (κ1) is 15.3. The highest BCUT2D eigenvalue weighted by molar-refractivity contribution is 6.30. The number of benzene rings is 1. The predicted molar refractivity (Wildman–Crippen MR) is 80.2 cm³/mol. The maximum Gasteiger partial charge on any atom is 0.317 e. The van der Waals surface area contributed by atoms with Crippen molar-refractivity contribution in [1.29, 1.82) is 0 Å². The maximum absolute atomic E-state index is 11.6. The molecule has 0 unspecified atom stereocenters. The Morgan fingerprint density at radius 3 is 3.00 bits per heavy atom. The Kier molecular flexibility index (Phi) is 5.16. The monoisotopic (exact) mass is 308 g/mol. The summed E-state index contributed by atoms with van der Waals surface area (Å²) in [6.45, 7) is 3.01. The van der Waals surface area contributed by atoms with Crippen molar-refractivity contribution in [2.24, 2.45) is 0 Å². The topological polar surface area (TPSA) is 71.3 Å². The molecule has 0 radical (unpaired) electrons. The second kappa shape index (κ2) is 7.08. The minimum absolute atomic E-state index is 0.118. The zero-order valence-electron chi connectivity index (χ0n) is 12.0. The van der Waals surface area contributed by atoms with E-state index in [2.05, 4.69) is 15.5 Å². The van der Waals surface area contributed by atoms with Crippen molar-refractivity contribution in [1.82, 2.24) is 20.4 Å². The number of carbonyl (C=O) groups excluding carboxylic acids is 1. The summed E-state index contributed by atoms with van der Waals surface area (Å²) in [5.74, 6) is 0.967. The van der Waals surface area contributed by atoms with E-state index in [0.29, 0.717) is 36.2 Å². The van der Waals surface area contributed by atoms with Crippen LogP contribution in [0.4, 0.5) is 4.79 Å². The van der Waals surface area contributed by atoms with Gasteiger partial charge in [0.1, 0.15) is 0 Å². The fourth-order valence-electron chi connectivity index (χ4n) is 1.66. The van der Waals surface area contributed by atoms with Crippen LogP contribution in [0.1, 0.15) is 12.8 Å². The Hall–Kier alpha value is -2.08. The van der Waals surface area contributed by atoms with Gasteiger partial charge in [-0.15, -0.1) is 0 Å². The molecule has 0 fully saturated rings. The first-order valence-corrected chi connectivity index (χ1v) is 7.05. The average molecular weight is 309 g/mol. The predicted octanol–water partition coefficient (Wildman–Crippen LogP) is 2.59. The third-order valence-electron chi connectivity index (χ3n) is 2.99. The first-order valence-electron chi connectivity index (χ1n) is 6.67. The lowest BCUT2D eigenvalue weighted by Gasteiger charge is -2.14. The van der Waals surface area contributed by atoms with Gasteiger partial charge in [0.2, 0.25) is 11.7 Å². The molecule has 0 spiro atoms. The molecule has 21 heavy (non-hydrogen) atoms. The van der Waals surface area contributed by atoms with Gasteiger partial charge in [0.15, 0.2) is 0 Å².